The molecule has 2 rings (SSSR count). The number of para-hydroxylation sites is 1. The molecule has 0 aliphatic carbocycles. The summed E-state index contributed by atoms with van der Waals surface area (Å²) in [7, 11) is 0. The Morgan fingerprint density at radius 2 is 2.41 bits per heavy atom. The monoisotopic (exact) mass is 228 g/mol. The van der Waals surface area contributed by atoms with Gasteiger partial charge in [-0.1, -0.05) is 18.1 Å². The third-order valence-electron chi connectivity index (χ3n) is 2.26. The predicted octanol–water partition coefficient (Wildman–Crippen LogP) is 0.724. The predicted molar refractivity (Wildman–Crippen MR) is 66.4 cm³/mol. The molecule has 0 aliphatic rings. The summed E-state index contributed by atoms with van der Waals surface area (Å²) in [6.07, 6.45) is 6.78. The summed E-state index contributed by atoms with van der Waals surface area (Å²) in [5, 5.41) is 13.3. The number of fused-ring (bicyclic) bond motifs is 1. The molecule has 0 spiro atoms. The van der Waals surface area contributed by atoms with E-state index in [2.05, 4.69) is 26.8 Å². The van der Waals surface area contributed by atoms with Gasteiger partial charge < -0.3 is 5.32 Å². The third kappa shape index (κ3) is 2.62. The van der Waals surface area contributed by atoms with E-state index in [-0.39, 0.29) is 12.5 Å². The van der Waals surface area contributed by atoms with Crippen LogP contribution < -0.4 is 10.6 Å². The number of nitrogens with zero attached hydrogens (tertiary/aromatic N) is 1. The molecule has 5 heteroatoms. The zero-order valence-corrected chi connectivity index (χ0v) is 9.16. The van der Waals surface area contributed by atoms with Crippen LogP contribution in [-0.2, 0) is 4.79 Å². The SMILES string of the molecule is C#CCNCC(=O)Nc1cccc2cn[nH]c12. The zero-order valence-electron chi connectivity index (χ0n) is 9.16. The van der Waals surface area contributed by atoms with E-state index in [0.29, 0.717) is 12.2 Å². The Kier molecular flexibility index (Phi) is 3.38. The Morgan fingerprint density at radius 3 is 3.24 bits per heavy atom. The first-order chi connectivity index (χ1) is 8.31. The number of aromatic amines is 1. The van der Waals surface area contributed by atoms with Gasteiger partial charge in [-0.2, -0.15) is 5.10 Å². The lowest BCUT2D eigenvalue weighted by atomic mass is 10.2. The number of hydrogen-bond acceptors (Lipinski definition) is 3. The second-order valence-electron chi connectivity index (χ2n) is 3.50. The van der Waals surface area contributed by atoms with Gasteiger partial charge in [0.25, 0.3) is 0 Å². The summed E-state index contributed by atoms with van der Waals surface area (Å²) in [6, 6.07) is 5.60. The van der Waals surface area contributed by atoms with Gasteiger partial charge in [-0.15, -0.1) is 6.42 Å². The smallest absolute Gasteiger partial charge is 0.238 e. The normalized spacial score (nSPS) is 10.1. The number of carbonyl (C=O) groups excluding carboxylic acids is 1. The molecule has 0 bridgehead atoms. The summed E-state index contributed by atoms with van der Waals surface area (Å²) in [5.41, 5.74) is 1.53. The average molecular weight is 228 g/mol. The van der Waals surface area contributed by atoms with Gasteiger partial charge in [0.1, 0.15) is 0 Å². The molecule has 1 aromatic carbocycles. The quantitative estimate of drug-likeness (QED) is 0.533. The molecule has 1 aromatic heterocycles. The van der Waals surface area contributed by atoms with Crippen LogP contribution in [0.25, 0.3) is 10.9 Å². The largest absolute Gasteiger partial charge is 0.323 e. The minimum atomic E-state index is -0.137. The van der Waals surface area contributed by atoms with Crippen molar-refractivity contribution in [2.24, 2.45) is 0 Å². The number of rotatable bonds is 4. The van der Waals surface area contributed by atoms with Gasteiger partial charge in [-0.05, 0) is 6.07 Å². The molecule has 2 aromatic rings. The Labute approximate surface area is 98.6 Å². The van der Waals surface area contributed by atoms with Crippen LogP contribution in [0.15, 0.2) is 24.4 Å². The fraction of sp³-hybridized carbons (Fsp3) is 0.167. The second-order valence-corrected chi connectivity index (χ2v) is 3.50. The fourth-order valence-corrected chi connectivity index (χ4v) is 1.52. The van der Waals surface area contributed by atoms with Crippen molar-refractivity contribution in [1.29, 1.82) is 0 Å². The summed E-state index contributed by atoms with van der Waals surface area (Å²) in [6.45, 7) is 0.566. The lowest BCUT2D eigenvalue weighted by Gasteiger charge is -2.05. The van der Waals surface area contributed by atoms with Crippen LogP contribution in [0.4, 0.5) is 5.69 Å². The second kappa shape index (κ2) is 5.14. The summed E-state index contributed by atoms with van der Waals surface area (Å²) in [5.74, 6) is 2.27. The first-order valence-electron chi connectivity index (χ1n) is 5.17. The van der Waals surface area contributed by atoms with Gasteiger partial charge in [-0.25, -0.2) is 0 Å². The van der Waals surface area contributed by atoms with Crippen LogP contribution in [0, 0.1) is 12.3 Å². The van der Waals surface area contributed by atoms with E-state index in [9.17, 15) is 4.79 Å². The molecule has 1 heterocycles. The van der Waals surface area contributed by atoms with Crippen LogP contribution in [0.2, 0.25) is 0 Å². The van der Waals surface area contributed by atoms with E-state index >= 15 is 0 Å². The summed E-state index contributed by atoms with van der Waals surface area (Å²) >= 11 is 0. The number of carbonyl (C=O) groups is 1. The Balaban J connectivity index is 2.06. The molecule has 0 unspecified atom stereocenters. The van der Waals surface area contributed by atoms with Crippen molar-refractivity contribution in [1.82, 2.24) is 15.5 Å². The van der Waals surface area contributed by atoms with E-state index < -0.39 is 0 Å². The van der Waals surface area contributed by atoms with Crippen molar-refractivity contribution in [2.45, 2.75) is 0 Å². The van der Waals surface area contributed by atoms with Crippen molar-refractivity contribution in [2.75, 3.05) is 18.4 Å². The molecule has 86 valence electrons. The van der Waals surface area contributed by atoms with Crippen LogP contribution in [0.5, 0.6) is 0 Å². The molecule has 0 aliphatic heterocycles. The maximum absolute atomic E-state index is 11.6. The summed E-state index contributed by atoms with van der Waals surface area (Å²) < 4.78 is 0. The molecule has 17 heavy (non-hydrogen) atoms. The van der Waals surface area contributed by atoms with Gasteiger partial charge in [0, 0.05) is 5.39 Å². The highest BCUT2D eigenvalue weighted by Crippen LogP contribution is 2.19. The number of amides is 1. The lowest BCUT2D eigenvalue weighted by molar-refractivity contribution is -0.115. The number of benzene rings is 1. The lowest BCUT2D eigenvalue weighted by Crippen LogP contribution is -2.28. The zero-order chi connectivity index (χ0) is 12.1. The van der Waals surface area contributed by atoms with Crippen molar-refractivity contribution >= 4 is 22.5 Å². The van der Waals surface area contributed by atoms with Crippen molar-refractivity contribution in [3.8, 4) is 12.3 Å². The van der Waals surface area contributed by atoms with E-state index in [1.54, 1.807) is 6.20 Å². The van der Waals surface area contributed by atoms with Crippen LogP contribution >= 0.6 is 0 Å². The van der Waals surface area contributed by atoms with Crippen LogP contribution in [-0.4, -0.2) is 29.2 Å². The Hall–Kier alpha value is -2.32. The molecule has 3 N–H and O–H groups in total. The van der Waals surface area contributed by atoms with Gasteiger partial charge in [0.2, 0.25) is 5.91 Å². The number of aromatic nitrogens is 2. The van der Waals surface area contributed by atoms with E-state index in [4.69, 9.17) is 6.42 Å². The van der Waals surface area contributed by atoms with Gasteiger partial charge in [0.05, 0.1) is 30.5 Å². The highest BCUT2D eigenvalue weighted by atomic mass is 16.1. The highest BCUT2D eigenvalue weighted by Gasteiger charge is 2.05. The molecular formula is C12H12N4O. The average Bonchev–Trinajstić information content (AvgIpc) is 2.78. The minimum Gasteiger partial charge on any atom is -0.323 e. The molecule has 0 saturated carbocycles. The Bertz CT molecular complexity index is 567. The van der Waals surface area contributed by atoms with Crippen molar-refractivity contribution in [3.05, 3.63) is 24.4 Å². The first-order valence-corrected chi connectivity index (χ1v) is 5.17. The maximum atomic E-state index is 11.6. The maximum Gasteiger partial charge on any atom is 0.238 e. The number of H-pyrrole nitrogens is 1. The Morgan fingerprint density at radius 1 is 1.53 bits per heavy atom. The van der Waals surface area contributed by atoms with Gasteiger partial charge >= 0.3 is 0 Å². The highest BCUT2D eigenvalue weighted by molar-refractivity contribution is 6.00. The molecule has 1 amide bonds. The fourth-order valence-electron chi connectivity index (χ4n) is 1.52. The van der Waals surface area contributed by atoms with Gasteiger partial charge in [0.15, 0.2) is 0 Å². The molecule has 0 radical (unpaired) electrons. The first kappa shape index (κ1) is 11.2. The molecule has 0 saturated heterocycles. The van der Waals surface area contributed by atoms with Crippen molar-refractivity contribution in [3.63, 3.8) is 0 Å². The van der Waals surface area contributed by atoms with Crippen LogP contribution in [0.1, 0.15) is 0 Å². The van der Waals surface area contributed by atoms with Crippen molar-refractivity contribution < 1.29 is 4.79 Å². The van der Waals surface area contributed by atoms with E-state index in [0.717, 1.165) is 10.9 Å². The number of terminal acetylenes is 1. The molecular weight excluding hydrogens is 216 g/mol. The number of nitrogens with one attached hydrogen (secondary N) is 3. The topological polar surface area (TPSA) is 69.8 Å². The molecule has 0 fully saturated rings. The minimum absolute atomic E-state index is 0.137. The standard InChI is InChI=1S/C12H12N4O/c1-2-6-13-8-11(17)15-10-5-3-4-9-7-14-16-12(9)10/h1,3-5,7,13H,6,8H2,(H,14,16)(H,15,17). The van der Waals surface area contributed by atoms with E-state index in [1.807, 2.05) is 18.2 Å². The molecule has 0 atom stereocenters. The number of hydrogen-bond donors (Lipinski definition) is 3. The third-order valence-corrected chi connectivity index (χ3v) is 2.26. The van der Waals surface area contributed by atoms with Crippen LogP contribution in [0.3, 0.4) is 0 Å². The summed E-state index contributed by atoms with van der Waals surface area (Å²) in [4.78, 5) is 11.6. The van der Waals surface area contributed by atoms with Gasteiger partial charge in [-0.3, -0.25) is 15.2 Å². The molecule has 5 nitrogen and oxygen atoms in total. The number of anilines is 1. The van der Waals surface area contributed by atoms with E-state index in [1.165, 1.54) is 0 Å².